The maximum Gasteiger partial charge on any atom is 0.244 e. The van der Waals surface area contributed by atoms with E-state index in [2.05, 4.69) is 43.7 Å². The Labute approximate surface area is 147 Å². The van der Waals surface area contributed by atoms with Crippen molar-refractivity contribution < 1.29 is 19.2 Å². The zero-order chi connectivity index (χ0) is 17.6. The summed E-state index contributed by atoms with van der Waals surface area (Å²) in [5.74, 6) is 1.32. The molecule has 0 atom stereocenters. The Morgan fingerprint density at radius 1 is 1.08 bits per heavy atom. The molecule has 0 aromatic heterocycles. The molecule has 0 saturated heterocycles. The third-order valence-corrected chi connectivity index (χ3v) is 3.87. The third-order valence-electron chi connectivity index (χ3n) is 3.87. The lowest BCUT2D eigenvalue weighted by atomic mass is 10.1. The Balaban J connectivity index is 1.50. The molecule has 0 radical (unpaired) electrons. The molecule has 0 saturated carbocycles. The molecule has 2 N–H and O–H groups in total. The molecule has 0 aliphatic carbocycles. The van der Waals surface area contributed by atoms with Crippen LogP contribution in [-0.4, -0.2) is 26.8 Å². The first kappa shape index (κ1) is 17.0. The first-order valence-corrected chi connectivity index (χ1v) is 8.32. The van der Waals surface area contributed by atoms with Gasteiger partial charge in [0.05, 0.1) is 14.1 Å². The second kappa shape index (κ2) is 7.85. The number of fused-ring (bicyclic) bond motifs is 1. The average Bonchev–Trinajstić information content (AvgIpc) is 3.06. The molecular formula is C20H23N2O3+. The summed E-state index contributed by atoms with van der Waals surface area (Å²) in [6.45, 7) is 1.75. The molecule has 0 bridgehead atoms. The number of carbonyl (C=O) groups excluding carboxylic acids is 1. The highest BCUT2D eigenvalue weighted by Crippen LogP contribution is 2.32. The van der Waals surface area contributed by atoms with Crippen LogP contribution in [0.1, 0.15) is 16.7 Å². The molecule has 0 spiro atoms. The van der Waals surface area contributed by atoms with Crippen LogP contribution in [0.3, 0.4) is 0 Å². The van der Waals surface area contributed by atoms with Gasteiger partial charge in [-0.1, -0.05) is 30.3 Å². The van der Waals surface area contributed by atoms with E-state index in [1.165, 1.54) is 16.5 Å². The first-order valence-electron chi connectivity index (χ1n) is 8.32. The molecule has 1 amide bonds. The summed E-state index contributed by atoms with van der Waals surface area (Å²) in [4.78, 5) is 13.4. The van der Waals surface area contributed by atoms with Crippen LogP contribution in [-0.2, 0) is 17.9 Å². The van der Waals surface area contributed by atoms with Gasteiger partial charge in [-0.15, -0.1) is 0 Å². The van der Waals surface area contributed by atoms with Crippen molar-refractivity contribution in [3.05, 3.63) is 65.2 Å². The summed E-state index contributed by atoms with van der Waals surface area (Å²) in [7, 11) is 4.25. The predicted octanol–water partition coefficient (Wildman–Crippen LogP) is 1.39. The maximum atomic E-state index is 12.0. The number of benzene rings is 2. The second-order valence-corrected chi connectivity index (χ2v) is 6.36. The SMILES string of the molecule is C[NH+](C)Cc1ccc(CNC(=O)/C=C/c2ccc3c(c2)OCO3)cc1. The van der Waals surface area contributed by atoms with Crippen molar-refractivity contribution in [3.8, 4) is 11.5 Å². The summed E-state index contributed by atoms with van der Waals surface area (Å²) in [6, 6.07) is 13.9. The zero-order valence-electron chi connectivity index (χ0n) is 14.5. The quantitative estimate of drug-likeness (QED) is 0.782. The number of hydrogen-bond acceptors (Lipinski definition) is 3. The van der Waals surface area contributed by atoms with Gasteiger partial charge < -0.3 is 19.7 Å². The molecule has 1 aliphatic heterocycles. The molecule has 5 heteroatoms. The predicted molar refractivity (Wildman–Crippen MR) is 96.4 cm³/mol. The zero-order valence-corrected chi connectivity index (χ0v) is 14.5. The molecule has 0 fully saturated rings. The molecule has 0 unspecified atom stereocenters. The summed E-state index contributed by atoms with van der Waals surface area (Å²) >= 11 is 0. The van der Waals surface area contributed by atoms with Crippen molar-refractivity contribution in [1.82, 2.24) is 5.32 Å². The second-order valence-electron chi connectivity index (χ2n) is 6.36. The smallest absolute Gasteiger partial charge is 0.244 e. The first-order chi connectivity index (χ1) is 12.1. The van der Waals surface area contributed by atoms with E-state index >= 15 is 0 Å². The fourth-order valence-corrected chi connectivity index (χ4v) is 2.62. The van der Waals surface area contributed by atoms with Crippen LogP contribution in [0.4, 0.5) is 0 Å². The van der Waals surface area contributed by atoms with Gasteiger partial charge in [0.15, 0.2) is 11.5 Å². The molecule has 3 rings (SSSR count). The fourth-order valence-electron chi connectivity index (χ4n) is 2.62. The van der Waals surface area contributed by atoms with Crippen molar-refractivity contribution in [3.63, 3.8) is 0 Å². The number of ether oxygens (including phenoxy) is 2. The van der Waals surface area contributed by atoms with E-state index in [1.807, 2.05) is 18.2 Å². The Morgan fingerprint density at radius 3 is 2.56 bits per heavy atom. The normalized spacial score (nSPS) is 12.8. The van der Waals surface area contributed by atoms with E-state index in [4.69, 9.17) is 9.47 Å². The monoisotopic (exact) mass is 339 g/mol. The third kappa shape index (κ3) is 4.84. The molecule has 130 valence electrons. The van der Waals surface area contributed by atoms with Gasteiger partial charge in [-0.25, -0.2) is 0 Å². The number of rotatable bonds is 6. The minimum Gasteiger partial charge on any atom is -0.454 e. The van der Waals surface area contributed by atoms with Crippen molar-refractivity contribution in [1.29, 1.82) is 0 Å². The van der Waals surface area contributed by atoms with E-state index in [0.717, 1.165) is 23.4 Å². The Bertz CT molecular complexity index is 767. The number of carbonyl (C=O) groups is 1. The van der Waals surface area contributed by atoms with Crippen molar-refractivity contribution in [2.45, 2.75) is 13.1 Å². The lowest BCUT2D eigenvalue weighted by molar-refractivity contribution is -0.872. The van der Waals surface area contributed by atoms with Gasteiger partial charge in [0.1, 0.15) is 6.54 Å². The van der Waals surface area contributed by atoms with E-state index in [-0.39, 0.29) is 12.7 Å². The Kier molecular flexibility index (Phi) is 5.36. The van der Waals surface area contributed by atoms with Gasteiger partial charge in [-0.05, 0) is 29.3 Å². The van der Waals surface area contributed by atoms with Crippen LogP contribution in [0.2, 0.25) is 0 Å². The Morgan fingerprint density at radius 2 is 1.80 bits per heavy atom. The van der Waals surface area contributed by atoms with Crippen molar-refractivity contribution in [2.75, 3.05) is 20.9 Å². The molecule has 2 aromatic carbocycles. The Hall–Kier alpha value is -2.79. The number of quaternary nitrogens is 1. The molecule has 25 heavy (non-hydrogen) atoms. The van der Waals surface area contributed by atoms with Crippen LogP contribution in [0.5, 0.6) is 11.5 Å². The highest BCUT2D eigenvalue weighted by atomic mass is 16.7. The molecule has 1 aliphatic rings. The average molecular weight is 339 g/mol. The number of nitrogens with one attached hydrogen (secondary N) is 2. The minimum atomic E-state index is -0.125. The summed E-state index contributed by atoms with van der Waals surface area (Å²) < 4.78 is 10.6. The molecule has 5 nitrogen and oxygen atoms in total. The van der Waals surface area contributed by atoms with Crippen LogP contribution in [0, 0.1) is 0 Å². The van der Waals surface area contributed by atoms with Crippen LogP contribution in [0.15, 0.2) is 48.5 Å². The molecule has 1 heterocycles. The molecule has 2 aromatic rings. The van der Waals surface area contributed by atoms with E-state index in [9.17, 15) is 4.79 Å². The number of amides is 1. The van der Waals surface area contributed by atoms with E-state index in [1.54, 1.807) is 6.08 Å². The van der Waals surface area contributed by atoms with Gasteiger partial charge in [0, 0.05) is 18.2 Å². The lowest BCUT2D eigenvalue weighted by Crippen LogP contribution is -3.04. The van der Waals surface area contributed by atoms with Crippen LogP contribution < -0.4 is 19.7 Å². The van der Waals surface area contributed by atoms with Gasteiger partial charge in [0.25, 0.3) is 0 Å². The minimum absolute atomic E-state index is 0.125. The van der Waals surface area contributed by atoms with Crippen LogP contribution >= 0.6 is 0 Å². The summed E-state index contributed by atoms with van der Waals surface area (Å²) in [5.41, 5.74) is 3.27. The number of hydrogen-bond donors (Lipinski definition) is 2. The van der Waals surface area contributed by atoms with E-state index in [0.29, 0.717) is 12.3 Å². The fraction of sp³-hybridized carbons (Fsp3) is 0.250. The lowest BCUT2D eigenvalue weighted by Gasteiger charge is -2.08. The van der Waals surface area contributed by atoms with Gasteiger partial charge >= 0.3 is 0 Å². The summed E-state index contributed by atoms with van der Waals surface area (Å²) in [5, 5.41) is 2.89. The molecular weight excluding hydrogens is 316 g/mol. The van der Waals surface area contributed by atoms with Gasteiger partial charge in [-0.3, -0.25) is 4.79 Å². The standard InChI is InChI=1S/C20H22N2O3/c1-22(2)13-17-5-3-16(4-6-17)12-21-20(23)10-8-15-7-9-18-19(11-15)25-14-24-18/h3-11H,12-14H2,1-2H3,(H,21,23)/p+1/b10-8+. The van der Waals surface area contributed by atoms with Crippen molar-refractivity contribution in [2.24, 2.45) is 0 Å². The van der Waals surface area contributed by atoms with Crippen LogP contribution in [0.25, 0.3) is 6.08 Å². The van der Waals surface area contributed by atoms with E-state index < -0.39 is 0 Å². The van der Waals surface area contributed by atoms with Gasteiger partial charge in [0.2, 0.25) is 12.7 Å². The highest BCUT2D eigenvalue weighted by Gasteiger charge is 2.12. The van der Waals surface area contributed by atoms with Gasteiger partial charge in [-0.2, -0.15) is 0 Å². The van der Waals surface area contributed by atoms with Crippen molar-refractivity contribution >= 4 is 12.0 Å². The topological polar surface area (TPSA) is 52.0 Å². The largest absolute Gasteiger partial charge is 0.454 e. The summed E-state index contributed by atoms with van der Waals surface area (Å²) in [6.07, 6.45) is 3.29. The highest BCUT2D eigenvalue weighted by molar-refractivity contribution is 5.91. The maximum absolute atomic E-state index is 12.0.